The number of rotatable bonds is 1. The number of nitrogens with two attached hydrogens (primary N) is 1. The molecule has 0 saturated carbocycles. The Morgan fingerprint density at radius 2 is 1.56 bits per heavy atom. The van der Waals surface area contributed by atoms with Gasteiger partial charge >= 0.3 is 6.09 Å². The van der Waals surface area contributed by atoms with Crippen LogP contribution in [-0.4, -0.2) is 11.2 Å². The smallest absolute Gasteiger partial charge is 0.402 e. The molecule has 0 aromatic rings. The number of primary amides is 1. The third-order valence-corrected chi connectivity index (χ3v) is 0.500. The average molecular weight is 210 g/mol. The molecule has 0 aromatic carbocycles. The van der Waals surface area contributed by atoms with E-state index in [1.807, 2.05) is 0 Å². The number of amides is 1. The van der Waals surface area contributed by atoms with Crippen molar-refractivity contribution in [3.63, 3.8) is 0 Å². The van der Waals surface area contributed by atoms with E-state index in [4.69, 9.17) is 9.90 Å². The first-order valence-electron chi connectivity index (χ1n) is 2.63. The van der Waals surface area contributed by atoms with Gasteiger partial charge in [-0.2, -0.15) is 0 Å². The van der Waals surface area contributed by atoms with Crippen LogP contribution in [0.1, 0.15) is 26.7 Å². The van der Waals surface area contributed by atoms with E-state index in [0.29, 0.717) is 0 Å². The Morgan fingerprint density at radius 1 is 1.44 bits per heavy atom. The molecule has 0 bridgehead atoms. The Bertz CT molecular complexity index is 52.9. The van der Waals surface area contributed by atoms with Gasteiger partial charge in [-0.25, -0.2) is 4.79 Å². The number of hydrogen-bond donors (Lipinski definition) is 2. The van der Waals surface area contributed by atoms with E-state index >= 15 is 0 Å². The Hall–Kier alpha value is 0.153. The Kier molecular flexibility index (Phi) is 28.1. The van der Waals surface area contributed by atoms with Crippen LogP contribution in [0.4, 0.5) is 4.79 Å². The summed E-state index contributed by atoms with van der Waals surface area (Å²) in [6.07, 6.45) is 1.31. The minimum Gasteiger partial charge on any atom is -0.465 e. The van der Waals surface area contributed by atoms with E-state index in [1.165, 1.54) is 12.8 Å². The number of carbonyl (C=O) groups is 1. The van der Waals surface area contributed by atoms with E-state index in [-0.39, 0.29) is 26.2 Å². The van der Waals surface area contributed by atoms with Gasteiger partial charge in [0, 0.05) is 26.2 Å². The van der Waals surface area contributed by atoms with Crippen LogP contribution in [0.3, 0.4) is 0 Å². The van der Waals surface area contributed by atoms with Gasteiger partial charge in [0.15, 0.2) is 0 Å². The van der Waals surface area contributed by atoms with Gasteiger partial charge in [-0.3, -0.25) is 0 Å². The molecule has 0 fully saturated rings. The van der Waals surface area contributed by atoms with Crippen LogP contribution >= 0.6 is 0 Å². The van der Waals surface area contributed by atoms with Gasteiger partial charge in [-0.15, -0.1) is 0 Å². The summed E-state index contributed by atoms with van der Waals surface area (Å²) in [5, 5.41) is 7.19. The molecule has 0 aliphatic rings. The zero-order valence-corrected chi connectivity index (χ0v) is 8.31. The molecule has 54 valence electrons. The molecule has 0 rings (SSSR count). The first-order valence-corrected chi connectivity index (χ1v) is 2.63. The number of carboxylic acid groups (broad SMARTS) is 1. The second kappa shape index (κ2) is 15.7. The third kappa shape index (κ3) is 232. The van der Waals surface area contributed by atoms with Gasteiger partial charge in [0.2, 0.25) is 0 Å². The normalized spacial score (nSPS) is 6.00. The van der Waals surface area contributed by atoms with Crippen molar-refractivity contribution in [2.45, 2.75) is 26.7 Å². The summed E-state index contributed by atoms with van der Waals surface area (Å²) >= 11 is 0. The van der Waals surface area contributed by atoms with E-state index < -0.39 is 6.09 Å². The summed E-state index contributed by atoms with van der Waals surface area (Å²) < 4.78 is 0. The molecule has 0 aliphatic carbocycles. The molecule has 3 N–H and O–H groups in total. The molecule has 0 spiro atoms. The van der Waals surface area contributed by atoms with Gasteiger partial charge in [-0.05, 0) is 0 Å². The quantitative estimate of drug-likeness (QED) is 0.687. The molecule has 0 heterocycles. The Balaban J connectivity index is -0.0000000720. The maximum Gasteiger partial charge on any atom is 0.402 e. The predicted molar refractivity (Wildman–Crippen MR) is 32.8 cm³/mol. The van der Waals surface area contributed by atoms with Crippen LogP contribution in [0.25, 0.3) is 0 Å². The zero-order chi connectivity index (χ0) is 6.99. The van der Waals surface area contributed by atoms with Crippen LogP contribution in [0.15, 0.2) is 0 Å². The fourth-order valence-electron chi connectivity index (χ4n) is 0. The van der Waals surface area contributed by atoms with Gasteiger partial charge in [-0.1, -0.05) is 26.7 Å². The molecule has 9 heavy (non-hydrogen) atoms. The molecule has 0 atom stereocenters. The zero-order valence-electron chi connectivity index (χ0n) is 5.85. The predicted octanol–water partition coefficient (Wildman–Crippen LogP) is 1.43. The minimum atomic E-state index is -1.33. The van der Waals surface area contributed by atoms with Crippen molar-refractivity contribution in [1.29, 1.82) is 0 Å². The first-order chi connectivity index (χ1) is 3.65. The molecule has 0 saturated heterocycles. The summed E-state index contributed by atoms with van der Waals surface area (Å²) in [5.74, 6) is 0. The van der Waals surface area contributed by atoms with Crippen molar-refractivity contribution in [2.24, 2.45) is 5.73 Å². The summed E-state index contributed by atoms with van der Waals surface area (Å²) in [7, 11) is 0. The molecule has 0 aliphatic heterocycles. The van der Waals surface area contributed by atoms with E-state index in [9.17, 15) is 0 Å². The van der Waals surface area contributed by atoms with Crippen LogP contribution in [0, 0.1) is 0 Å². The fourth-order valence-corrected chi connectivity index (χ4v) is 0. The van der Waals surface area contributed by atoms with E-state index in [2.05, 4.69) is 19.6 Å². The summed E-state index contributed by atoms with van der Waals surface area (Å²) in [6.45, 7) is 4.36. The number of unbranched alkanes of at least 4 members (excludes halogenated alkanes) is 1. The molecule has 0 radical (unpaired) electrons. The van der Waals surface area contributed by atoms with Gasteiger partial charge in [0.05, 0.1) is 0 Å². The maximum absolute atomic E-state index is 8.78. The van der Waals surface area contributed by atoms with E-state index in [1.54, 1.807) is 0 Å². The summed E-state index contributed by atoms with van der Waals surface area (Å²) in [6, 6.07) is 0. The van der Waals surface area contributed by atoms with Crippen LogP contribution in [0.5, 0.6) is 0 Å². The Labute approximate surface area is 74.7 Å². The average Bonchev–Trinajstić information content (AvgIpc) is 1.65. The van der Waals surface area contributed by atoms with Crippen LogP contribution in [-0.2, 0) is 26.2 Å². The molecule has 0 unspecified atom stereocenters. The second-order valence-electron chi connectivity index (χ2n) is 1.34. The third-order valence-electron chi connectivity index (χ3n) is 0.500. The van der Waals surface area contributed by atoms with Crippen molar-refractivity contribution in [3.05, 3.63) is 0 Å². The first kappa shape index (κ1) is 16.1. The molecule has 1 amide bonds. The molecular formula is C5H13NO2Zr. The van der Waals surface area contributed by atoms with Crippen molar-refractivity contribution >= 4 is 6.09 Å². The van der Waals surface area contributed by atoms with Crippen LogP contribution < -0.4 is 5.73 Å². The van der Waals surface area contributed by atoms with Gasteiger partial charge in [0.25, 0.3) is 0 Å². The molecular weight excluding hydrogens is 197 g/mol. The van der Waals surface area contributed by atoms with Gasteiger partial charge in [0.1, 0.15) is 0 Å². The fraction of sp³-hybridized carbons (Fsp3) is 0.800. The SMILES string of the molecule is CCCC.NC(=O)O.[Zr]. The molecule has 4 heteroatoms. The summed E-state index contributed by atoms with van der Waals surface area (Å²) in [5.41, 5.74) is 4.03. The topological polar surface area (TPSA) is 63.3 Å². The van der Waals surface area contributed by atoms with Gasteiger partial charge < -0.3 is 10.8 Å². The standard InChI is InChI=1S/C4H10.CH3NO2.Zr/c1-3-4-2;2-1(3)4;/h3-4H2,1-2H3;2H2,(H,3,4);. The Morgan fingerprint density at radius 3 is 1.56 bits per heavy atom. The molecule has 3 nitrogen and oxygen atoms in total. The van der Waals surface area contributed by atoms with E-state index in [0.717, 1.165) is 0 Å². The molecule has 0 aromatic heterocycles. The van der Waals surface area contributed by atoms with Crippen molar-refractivity contribution in [3.8, 4) is 0 Å². The van der Waals surface area contributed by atoms with Crippen molar-refractivity contribution < 1.29 is 36.1 Å². The van der Waals surface area contributed by atoms with Crippen molar-refractivity contribution in [1.82, 2.24) is 0 Å². The maximum atomic E-state index is 8.78. The summed E-state index contributed by atoms with van der Waals surface area (Å²) in [4.78, 5) is 8.78. The number of hydrogen-bond acceptors (Lipinski definition) is 1. The van der Waals surface area contributed by atoms with Crippen LogP contribution in [0.2, 0.25) is 0 Å². The minimum absolute atomic E-state index is 0. The van der Waals surface area contributed by atoms with Crippen molar-refractivity contribution in [2.75, 3.05) is 0 Å². The second-order valence-corrected chi connectivity index (χ2v) is 1.34. The monoisotopic (exact) mass is 209 g/mol. The largest absolute Gasteiger partial charge is 0.465 e.